The van der Waals surface area contributed by atoms with Crippen LogP contribution in [0.25, 0.3) is 0 Å². The Hall–Kier alpha value is -2.70. The van der Waals surface area contributed by atoms with Crippen molar-refractivity contribution in [3.63, 3.8) is 0 Å². The predicted octanol–water partition coefficient (Wildman–Crippen LogP) is 3.94. The van der Waals surface area contributed by atoms with E-state index in [0.29, 0.717) is 43.2 Å². The highest BCUT2D eigenvalue weighted by Gasteiger charge is 2.27. The molecule has 1 aromatic heterocycles. The van der Waals surface area contributed by atoms with E-state index in [1.807, 2.05) is 4.90 Å². The second-order valence-electron chi connectivity index (χ2n) is 7.21. The largest absolute Gasteiger partial charge is 0.439 e. The number of hydrogen-bond donors (Lipinski definition) is 0. The molecular weight excluding hydrogens is 359 g/mol. The number of aromatic nitrogens is 2. The molecule has 0 radical (unpaired) electrons. The lowest BCUT2D eigenvalue weighted by atomic mass is 10.1. The zero-order valence-corrected chi connectivity index (χ0v) is 16.7. The van der Waals surface area contributed by atoms with E-state index in [1.54, 1.807) is 19.1 Å². The van der Waals surface area contributed by atoms with Gasteiger partial charge in [-0.25, -0.2) is 14.4 Å². The van der Waals surface area contributed by atoms with E-state index >= 15 is 0 Å². The van der Waals surface area contributed by atoms with Crippen molar-refractivity contribution in [2.45, 2.75) is 46.1 Å². The third kappa shape index (κ3) is 4.77. The number of carbonyl (C=O) groups is 1. The molecule has 0 bridgehead atoms. The fourth-order valence-corrected chi connectivity index (χ4v) is 3.41. The maximum Gasteiger partial charge on any atom is 0.224 e. The number of unbranched alkanes of at least 4 members (excludes halogenated alkanes) is 1. The van der Waals surface area contributed by atoms with Crippen molar-refractivity contribution in [2.75, 3.05) is 24.5 Å². The number of halogens is 1. The minimum absolute atomic E-state index is 0.122. The first kappa shape index (κ1) is 20.0. The van der Waals surface area contributed by atoms with Crippen LogP contribution < -0.4 is 9.64 Å². The smallest absolute Gasteiger partial charge is 0.224 e. The van der Waals surface area contributed by atoms with Gasteiger partial charge in [0.2, 0.25) is 11.8 Å². The molecule has 3 rings (SSSR count). The van der Waals surface area contributed by atoms with Crippen molar-refractivity contribution in [1.82, 2.24) is 14.9 Å². The molecule has 0 spiro atoms. The third-order valence-corrected chi connectivity index (χ3v) is 5.00. The highest BCUT2D eigenvalue weighted by molar-refractivity contribution is 5.76. The van der Waals surface area contributed by atoms with Crippen molar-refractivity contribution >= 4 is 11.7 Å². The lowest BCUT2D eigenvalue weighted by molar-refractivity contribution is -0.133. The molecule has 28 heavy (non-hydrogen) atoms. The molecule has 1 saturated heterocycles. The monoisotopic (exact) mass is 386 g/mol. The van der Waals surface area contributed by atoms with Crippen molar-refractivity contribution < 1.29 is 13.9 Å². The van der Waals surface area contributed by atoms with Crippen LogP contribution in [-0.4, -0.2) is 46.5 Å². The van der Waals surface area contributed by atoms with Crippen LogP contribution in [0.1, 0.15) is 38.7 Å². The quantitative estimate of drug-likeness (QED) is 0.753. The Morgan fingerprint density at radius 3 is 2.82 bits per heavy atom. The predicted molar refractivity (Wildman–Crippen MR) is 106 cm³/mol. The van der Waals surface area contributed by atoms with Crippen LogP contribution in [0, 0.1) is 12.7 Å². The van der Waals surface area contributed by atoms with Gasteiger partial charge in [-0.1, -0.05) is 13.3 Å². The van der Waals surface area contributed by atoms with Gasteiger partial charge < -0.3 is 14.5 Å². The minimum atomic E-state index is -0.298. The van der Waals surface area contributed by atoms with Gasteiger partial charge in [-0.15, -0.1) is 0 Å². The van der Waals surface area contributed by atoms with Gasteiger partial charge in [-0.3, -0.25) is 4.79 Å². The molecule has 0 aliphatic carbocycles. The van der Waals surface area contributed by atoms with Crippen molar-refractivity contribution in [3.05, 3.63) is 42.0 Å². The summed E-state index contributed by atoms with van der Waals surface area (Å²) in [5.41, 5.74) is 0.702. The number of rotatable bonds is 6. The summed E-state index contributed by atoms with van der Waals surface area (Å²) in [6, 6.07) is 6.28. The van der Waals surface area contributed by atoms with Gasteiger partial charge in [0.15, 0.2) is 0 Å². The van der Waals surface area contributed by atoms with E-state index in [1.165, 1.54) is 18.5 Å². The van der Waals surface area contributed by atoms with Crippen LogP contribution >= 0.6 is 0 Å². The normalized spacial score (nSPS) is 16.9. The van der Waals surface area contributed by atoms with Gasteiger partial charge in [-0.05, 0) is 44.0 Å². The SMILES string of the molecule is CCCCC(=O)N1CCN(c2cc(Oc3ccc(F)cc3C)ncn2)CC1C. The summed E-state index contributed by atoms with van der Waals surface area (Å²) in [7, 11) is 0. The molecule has 1 atom stereocenters. The number of anilines is 1. The third-order valence-electron chi connectivity index (χ3n) is 5.00. The van der Waals surface area contributed by atoms with Gasteiger partial charge in [0.1, 0.15) is 23.7 Å². The molecule has 2 aromatic rings. The maximum atomic E-state index is 13.3. The first-order valence-electron chi connectivity index (χ1n) is 9.78. The van der Waals surface area contributed by atoms with Crippen molar-refractivity contribution in [3.8, 4) is 11.6 Å². The molecule has 1 fully saturated rings. The van der Waals surface area contributed by atoms with Crippen LogP contribution in [0.5, 0.6) is 11.6 Å². The second kappa shape index (κ2) is 8.99. The molecule has 1 aromatic carbocycles. The summed E-state index contributed by atoms with van der Waals surface area (Å²) in [6.07, 6.45) is 4.04. The summed E-state index contributed by atoms with van der Waals surface area (Å²) in [5, 5.41) is 0. The van der Waals surface area contributed by atoms with Crippen LogP contribution in [-0.2, 0) is 4.79 Å². The Bertz CT molecular complexity index is 830. The van der Waals surface area contributed by atoms with Gasteiger partial charge in [0.25, 0.3) is 0 Å². The second-order valence-corrected chi connectivity index (χ2v) is 7.21. The van der Waals surface area contributed by atoms with E-state index in [4.69, 9.17) is 4.74 Å². The molecule has 6 nitrogen and oxygen atoms in total. The Labute approximate surface area is 165 Å². The van der Waals surface area contributed by atoms with Crippen molar-refractivity contribution in [1.29, 1.82) is 0 Å². The van der Waals surface area contributed by atoms with Gasteiger partial charge in [-0.2, -0.15) is 0 Å². The lowest BCUT2D eigenvalue weighted by Crippen LogP contribution is -2.54. The Balaban J connectivity index is 1.67. The van der Waals surface area contributed by atoms with Crippen LogP contribution in [0.15, 0.2) is 30.6 Å². The zero-order valence-electron chi connectivity index (χ0n) is 16.7. The maximum absolute atomic E-state index is 13.3. The summed E-state index contributed by atoms with van der Waals surface area (Å²) >= 11 is 0. The number of benzene rings is 1. The fourth-order valence-electron chi connectivity index (χ4n) is 3.41. The summed E-state index contributed by atoms with van der Waals surface area (Å²) < 4.78 is 19.1. The van der Waals surface area contributed by atoms with Crippen LogP contribution in [0.2, 0.25) is 0 Å². The fraction of sp³-hybridized carbons (Fsp3) is 0.476. The average Bonchev–Trinajstić information content (AvgIpc) is 2.68. The summed E-state index contributed by atoms with van der Waals surface area (Å²) in [4.78, 5) is 25.0. The first-order valence-corrected chi connectivity index (χ1v) is 9.78. The molecule has 0 N–H and O–H groups in total. The Morgan fingerprint density at radius 1 is 1.29 bits per heavy atom. The number of amides is 1. The topological polar surface area (TPSA) is 58.6 Å². The Morgan fingerprint density at radius 2 is 2.11 bits per heavy atom. The highest BCUT2D eigenvalue weighted by Crippen LogP contribution is 2.26. The van der Waals surface area contributed by atoms with E-state index in [2.05, 4.69) is 28.7 Å². The number of aryl methyl sites for hydroxylation is 1. The molecule has 2 heterocycles. The number of hydrogen-bond acceptors (Lipinski definition) is 5. The molecule has 7 heteroatoms. The lowest BCUT2D eigenvalue weighted by Gasteiger charge is -2.40. The minimum Gasteiger partial charge on any atom is -0.439 e. The van der Waals surface area contributed by atoms with E-state index in [9.17, 15) is 9.18 Å². The molecule has 1 aliphatic rings. The van der Waals surface area contributed by atoms with Crippen LogP contribution in [0.3, 0.4) is 0 Å². The van der Waals surface area contributed by atoms with E-state index in [-0.39, 0.29) is 17.8 Å². The van der Waals surface area contributed by atoms with Gasteiger partial charge in [0, 0.05) is 38.2 Å². The molecule has 1 unspecified atom stereocenters. The van der Waals surface area contributed by atoms with Crippen LogP contribution in [0.4, 0.5) is 10.2 Å². The number of nitrogens with zero attached hydrogens (tertiary/aromatic N) is 4. The standard InChI is InChI=1S/C21H27FN4O2/c1-4-5-6-21(27)26-10-9-25(13-16(26)3)19-12-20(24-14-23-19)28-18-8-7-17(22)11-15(18)2/h7-8,11-12,14,16H,4-6,9-10,13H2,1-3H3. The highest BCUT2D eigenvalue weighted by atomic mass is 19.1. The number of carbonyl (C=O) groups excluding carboxylic acids is 1. The molecule has 0 saturated carbocycles. The Kier molecular flexibility index (Phi) is 6.44. The average molecular weight is 386 g/mol. The molecule has 150 valence electrons. The number of piperazine rings is 1. The van der Waals surface area contributed by atoms with Gasteiger partial charge >= 0.3 is 0 Å². The molecule has 1 aliphatic heterocycles. The molecular formula is C21H27FN4O2. The van der Waals surface area contributed by atoms with E-state index < -0.39 is 0 Å². The summed E-state index contributed by atoms with van der Waals surface area (Å²) in [6.45, 7) is 8.06. The number of ether oxygens (including phenoxy) is 1. The summed E-state index contributed by atoms with van der Waals surface area (Å²) in [5.74, 6) is 1.66. The van der Waals surface area contributed by atoms with E-state index in [0.717, 1.165) is 18.7 Å². The van der Waals surface area contributed by atoms with Gasteiger partial charge in [0.05, 0.1) is 0 Å². The zero-order chi connectivity index (χ0) is 20.1. The van der Waals surface area contributed by atoms with Crippen molar-refractivity contribution in [2.24, 2.45) is 0 Å². The first-order chi connectivity index (χ1) is 13.5. The molecule has 1 amide bonds.